The van der Waals surface area contributed by atoms with Crippen LogP contribution in [0.3, 0.4) is 0 Å². The Kier molecular flexibility index (Phi) is 5.33. The summed E-state index contributed by atoms with van der Waals surface area (Å²) in [7, 11) is 0. The Bertz CT molecular complexity index is 991. The maximum Gasteiger partial charge on any atom is 0.317 e. The number of urea groups is 1. The summed E-state index contributed by atoms with van der Waals surface area (Å²) < 4.78 is 1.87. The molecule has 1 N–H and O–H groups in total. The Morgan fingerprint density at radius 1 is 1.10 bits per heavy atom. The molecule has 0 aliphatic carbocycles. The van der Waals surface area contributed by atoms with Crippen molar-refractivity contribution in [1.82, 2.24) is 30.0 Å². The van der Waals surface area contributed by atoms with Crippen molar-refractivity contribution in [2.24, 2.45) is 0 Å². The van der Waals surface area contributed by atoms with Crippen LogP contribution in [0.1, 0.15) is 32.5 Å². The molecule has 1 saturated heterocycles. The predicted octanol–water partition coefficient (Wildman–Crippen LogP) is 2.79. The number of hydrogen-bond acceptors (Lipinski definition) is 5. The highest BCUT2D eigenvalue weighted by atomic mass is 16.2. The highest BCUT2D eigenvalue weighted by Crippen LogP contribution is 2.28. The van der Waals surface area contributed by atoms with Crippen molar-refractivity contribution in [3.05, 3.63) is 42.4 Å². The Morgan fingerprint density at radius 3 is 2.48 bits per heavy atom. The standard InChI is InChI=1S/C21H27N7O/c1-4-22-21(29)27-12-10-26(11-13-27)19-17-14-23-28(16-8-6-5-7-9-16)20(17)25-18(24-19)15(2)3/h5-9,14-15H,4,10-13H2,1-3H3,(H,22,29). The third-order valence-corrected chi connectivity index (χ3v) is 5.14. The van der Waals surface area contributed by atoms with Gasteiger partial charge in [-0.15, -0.1) is 0 Å². The molecular formula is C21H27N7O. The van der Waals surface area contributed by atoms with E-state index in [2.05, 4.69) is 29.2 Å². The van der Waals surface area contributed by atoms with Gasteiger partial charge >= 0.3 is 6.03 Å². The smallest absolute Gasteiger partial charge is 0.317 e. The molecule has 8 nitrogen and oxygen atoms in total. The lowest BCUT2D eigenvalue weighted by Gasteiger charge is -2.35. The number of hydrogen-bond donors (Lipinski definition) is 1. The lowest BCUT2D eigenvalue weighted by Crippen LogP contribution is -2.52. The van der Waals surface area contributed by atoms with Gasteiger partial charge in [0.2, 0.25) is 0 Å². The van der Waals surface area contributed by atoms with Crippen molar-refractivity contribution in [2.75, 3.05) is 37.6 Å². The molecule has 1 fully saturated rings. The first kappa shape index (κ1) is 19.2. The molecule has 0 saturated carbocycles. The van der Waals surface area contributed by atoms with E-state index in [1.54, 1.807) is 0 Å². The molecule has 2 aromatic heterocycles. The molecule has 0 unspecified atom stereocenters. The second kappa shape index (κ2) is 8.06. The monoisotopic (exact) mass is 393 g/mol. The third-order valence-electron chi connectivity index (χ3n) is 5.14. The Balaban J connectivity index is 1.69. The molecule has 0 bridgehead atoms. The highest BCUT2D eigenvalue weighted by molar-refractivity contribution is 5.88. The normalized spacial score (nSPS) is 14.6. The molecule has 0 atom stereocenters. The van der Waals surface area contributed by atoms with Gasteiger partial charge in [0.25, 0.3) is 0 Å². The number of fused-ring (bicyclic) bond motifs is 1. The number of amides is 2. The van der Waals surface area contributed by atoms with Crippen LogP contribution in [0.15, 0.2) is 36.5 Å². The summed E-state index contributed by atoms with van der Waals surface area (Å²) in [6.45, 7) is 9.57. The van der Waals surface area contributed by atoms with Crippen LogP contribution in [0.25, 0.3) is 16.7 Å². The van der Waals surface area contributed by atoms with Crippen LogP contribution in [-0.2, 0) is 0 Å². The van der Waals surface area contributed by atoms with Gasteiger partial charge in [0.1, 0.15) is 11.6 Å². The number of piperazine rings is 1. The summed E-state index contributed by atoms with van der Waals surface area (Å²) in [5.74, 6) is 1.90. The van der Waals surface area contributed by atoms with E-state index in [9.17, 15) is 4.79 Å². The van der Waals surface area contributed by atoms with Crippen LogP contribution >= 0.6 is 0 Å². The maximum atomic E-state index is 12.1. The summed E-state index contributed by atoms with van der Waals surface area (Å²) in [5.41, 5.74) is 1.79. The summed E-state index contributed by atoms with van der Waals surface area (Å²) in [4.78, 5) is 25.9. The molecule has 3 aromatic rings. The number of nitrogens with zero attached hydrogens (tertiary/aromatic N) is 6. The SMILES string of the molecule is CCNC(=O)N1CCN(c2nc(C(C)C)nc3c2cnn3-c2ccccc2)CC1. The molecule has 29 heavy (non-hydrogen) atoms. The third kappa shape index (κ3) is 3.74. The molecule has 3 heterocycles. The first-order chi connectivity index (χ1) is 14.1. The van der Waals surface area contributed by atoms with E-state index >= 15 is 0 Å². The van der Waals surface area contributed by atoms with Gasteiger partial charge in [0.05, 0.1) is 17.3 Å². The molecule has 2 amide bonds. The van der Waals surface area contributed by atoms with Crippen molar-refractivity contribution < 1.29 is 4.79 Å². The van der Waals surface area contributed by atoms with Crippen molar-refractivity contribution in [2.45, 2.75) is 26.7 Å². The number of nitrogens with one attached hydrogen (secondary N) is 1. The van der Waals surface area contributed by atoms with Crippen LogP contribution in [-0.4, -0.2) is 63.4 Å². The molecule has 1 aliphatic rings. The lowest BCUT2D eigenvalue weighted by molar-refractivity contribution is 0.195. The molecular weight excluding hydrogens is 366 g/mol. The molecule has 1 aliphatic heterocycles. The summed E-state index contributed by atoms with van der Waals surface area (Å²) in [6, 6.07) is 10.0. The summed E-state index contributed by atoms with van der Waals surface area (Å²) >= 11 is 0. The minimum atomic E-state index is -0.000230. The topological polar surface area (TPSA) is 79.2 Å². The lowest BCUT2D eigenvalue weighted by atomic mass is 10.2. The van der Waals surface area contributed by atoms with Crippen LogP contribution in [0, 0.1) is 0 Å². The zero-order chi connectivity index (χ0) is 20.4. The Hall–Kier alpha value is -3.16. The molecule has 1 aromatic carbocycles. The number of rotatable bonds is 4. The van der Waals surface area contributed by atoms with Gasteiger partial charge < -0.3 is 15.1 Å². The van der Waals surface area contributed by atoms with E-state index in [1.165, 1.54) is 0 Å². The fraction of sp³-hybridized carbons (Fsp3) is 0.429. The number of carbonyl (C=O) groups is 1. The zero-order valence-electron chi connectivity index (χ0n) is 17.2. The number of para-hydroxylation sites is 1. The molecule has 4 rings (SSSR count). The first-order valence-electron chi connectivity index (χ1n) is 10.2. The Morgan fingerprint density at radius 2 is 1.83 bits per heavy atom. The minimum Gasteiger partial charge on any atom is -0.352 e. The van der Waals surface area contributed by atoms with E-state index in [4.69, 9.17) is 9.97 Å². The number of benzene rings is 1. The van der Waals surface area contributed by atoms with E-state index < -0.39 is 0 Å². The van der Waals surface area contributed by atoms with E-state index in [1.807, 2.05) is 53.0 Å². The molecule has 8 heteroatoms. The number of carbonyl (C=O) groups excluding carboxylic acids is 1. The first-order valence-corrected chi connectivity index (χ1v) is 10.2. The minimum absolute atomic E-state index is 0.000230. The van der Waals surface area contributed by atoms with Crippen molar-refractivity contribution in [3.8, 4) is 5.69 Å². The van der Waals surface area contributed by atoms with E-state index in [0.29, 0.717) is 19.6 Å². The van der Waals surface area contributed by atoms with Gasteiger partial charge in [0.15, 0.2) is 5.65 Å². The van der Waals surface area contributed by atoms with Crippen LogP contribution in [0.5, 0.6) is 0 Å². The average molecular weight is 393 g/mol. The second-order valence-electron chi connectivity index (χ2n) is 7.50. The van der Waals surface area contributed by atoms with Gasteiger partial charge in [-0.05, 0) is 19.1 Å². The largest absolute Gasteiger partial charge is 0.352 e. The van der Waals surface area contributed by atoms with Gasteiger partial charge in [-0.25, -0.2) is 19.4 Å². The van der Waals surface area contributed by atoms with Crippen LogP contribution in [0.4, 0.5) is 10.6 Å². The van der Waals surface area contributed by atoms with Crippen molar-refractivity contribution in [3.63, 3.8) is 0 Å². The van der Waals surface area contributed by atoms with E-state index in [-0.39, 0.29) is 11.9 Å². The van der Waals surface area contributed by atoms with Crippen LogP contribution < -0.4 is 10.2 Å². The molecule has 0 radical (unpaired) electrons. The van der Waals surface area contributed by atoms with Gasteiger partial charge in [-0.1, -0.05) is 32.0 Å². The second-order valence-corrected chi connectivity index (χ2v) is 7.50. The summed E-state index contributed by atoms with van der Waals surface area (Å²) in [6.07, 6.45) is 1.85. The molecule has 0 spiro atoms. The van der Waals surface area contributed by atoms with Crippen molar-refractivity contribution >= 4 is 22.9 Å². The molecule has 152 valence electrons. The average Bonchev–Trinajstić information content (AvgIpc) is 3.18. The number of anilines is 1. The van der Waals surface area contributed by atoms with Gasteiger partial charge in [-0.2, -0.15) is 5.10 Å². The highest BCUT2D eigenvalue weighted by Gasteiger charge is 2.25. The maximum absolute atomic E-state index is 12.1. The van der Waals surface area contributed by atoms with Crippen LogP contribution in [0.2, 0.25) is 0 Å². The Labute approximate surface area is 170 Å². The van der Waals surface area contributed by atoms with Crippen molar-refractivity contribution in [1.29, 1.82) is 0 Å². The fourth-order valence-electron chi connectivity index (χ4n) is 3.55. The van der Waals surface area contributed by atoms with Gasteiger partial charge in [0, 0.05) is 38.6 Å². The fourth-order valence-corrected chi connectivity index (χ4v) is 3.55. The quantitative estimate of drug-likeness (QED) is 0.737. The summed E-state index contributed by atoms with van der Waals surface area (Å²) in [5, 5.41) is 8.41. The van der Waals surface area contributed by atoms with E-state index in [0.717, 1.165) is 41.5 Å². The zero-order valence-corrected chi connectivity index (χ0v) is 17.2. The van der Waals surface area contributed by atoms with Gasteiger partial charge in [-0.3, -0.25) is 0 Å². The number of aromatic nitrogens is 4. The predicted molar refractivity (Wildman–Crippen MR) is 114 cm³/mol.